The fraction of sp³-hybridized carbons (Fsp3) is 0.385. The maximum Gasteiger partial charge on any atom is 0.251 e. The van der Waals surface area contributed by atoms with E-state index in [9.17, 15) is 14.0 Å². The number of nitrogens with two attached hydrogens (primary N) is 1. The molecule has 0 aliphatic carbocycles. The molecule has 0 radical (unpaired) electrons. The van der Waals surface area contributed by atoms with Crippen molar-refractivity contribution in [1.82, 2.24) is 5.32 Å². The molecule has 1 unspecified atom stereocenters. The van der Waals surface area contributed by atoms with Gasteiger partial charge in [-0.05, 0) is 37.2 Å². The Bertz CT molecular complexity index is 515. The third-order valence-electron chi connectivity index (χ3n) is 3.43. The molecular formula is C13H16FN3O2. The molecule has 1 aromatic rings. The SMILES string of the molecule is CC(C(=O)Nc1ccc(F)c(C(N)=O)c1)C1CNC1. The molecule has 0 bridgehead atoms. The lowest BCUT2D eigenvalue weighted by Crippen LogP contribution is -2.48. The largest absolute Gasteiger partial charge is 0.366 e. The first-order chi connectivity index (χ1) is 8.99. The van der Waals surface area contributed by atoms with Gasteiger partial charge in [0.25, 0.3) is 5.91 Å². The van der Waals surface area contributed by atoms with Crippen molar-refractivity contribution >= 4 is 17.5 Å². The molecule has 0 spiro atoms. The average molecular weight is 265 g/mol. The molecule has 5 nitrogen and oxygen atoms in total. The van der Waals surface area contributed by atoms with Gasteiger partial charge in [-0.1, -0.05) is 6.92 Å². The summed E-state index contributed by atoms with van der Waals surface area (Å²) in [5, 5.41) is 5.77. The molecule has 1 aromatic carbocycles. The Kier molecular flexibility index (Phi) is 3.80. The molecule has 0 aromatic heterocycles. The van der Waals surface area contributed by atoms with Crippen LogP contribution in [0.3, 0.4) is 0 Å². The molecule has 1 aliphatic heterocycles. The van der Waals surface area contributed by atoms with Gasteiger partial charge >= 0.3 is 0 Å². The summed E-state index contributed by atoms with van der Waals surface area (Å²) < 4.78 is 13.3. The molecule has 1 fully saturated rings. The Hall–Kier alpha value is -1.95. The standard InChI is InChI=1S/C13H16FN3O2/c1-7(8-5-16-6-8)13(19)17-9-2-3-11(14)10(4-9)12(15)18/h2-4,7-8,16H,5-6H2,1H3,(H2,15,18)(H,17,19). The minimum absolute atomic E-state index is 0.136. The van der Waals surface area contributed by atoms with Crippen LogP contribution in [-0.4, -0.2) is 24.9 Å². The number of nitrogens with one attached hydrogen (secondary N) is 2. The molecular weight excluding hydrogens is 249 g/mol. The molecule has 1 saturated heterocycles. The van der Waals surface area contributed by atoms with E-state index in [4.69, 9.17) is 5.73 Å². The third-order valence-corrected chi connectivity index (χ3v) is 3.43. The second kappa shape index (κ2) is 5.36. The van der Waals surface area contributed by atoms with E-state index in [1.165, 1.54) is 12.1 Å². The van der Waals surface area contributed by atoms with Crippen LogP contribution in [0.4, 0.5) is 10.1 Å². The number of rotatable bonds is 4. The maximum atomic E-state index is 13.3. The van der Waals surface area contributed by atoms with Gasteiger partial charge in [0.2, 0.25) is 5.91 Å². The molecule has 1 atom stereocenters. The summed E-state index contributed by atoms with van der Waals surface area (Å²) in [6, 6.07) is 3.78. The van der Waals surface area contributed by atoms with Gasteiger partial charge in [-0.25, -0.2) is 4.39 Å². The van der Waals surface area contributed by atoms with E-state index in [0.717, 1.165) is 19.2 Å². The van der Waals surface area contributed by atoms with Crippen LogP contribution in [0, 0.1) is 17.7 Å². The predicted molar refractivity (Wildman–Crippen MR) is 69.1 cm³/mol. The lowest BCUT2D eigenvalue weighted by atomic mass is 9.88. The van der Waals surface area contributed by atoms with E-state index < -0.39 is 11.7 Å². The topological polar surface area (TPSA) is 84.2 Å². The number of hydrogen-bond acceptors (Lipinski definition) is 3. The van der Waals surface area contributed by atoms with E-state index in [1.54, 1.807) is 0 Å². The van der Waals surface area contributed by atoms with Crippen molar-refractivity contribution in [3.05, 3.63) is 29.6 Å². The number of carbonyl (C=O) groups is 2. The number of halogens is 1. The fourth-order valence-electron chi connectivity index (χ4n) is 1.93. The lowest BCUT2D eigenvalue weighted by Gasteiger charge is -2.31. The first-order valence-electron chi connectivity index (χ1n) is 6.10. The van der Waals surface area contributed by atoms with Crippen LogP contribution in [0.2, 0.25) is 0 Å². The zero-order valence-electron chi connectivity index (χ0n) is 10.6. The Morgan fingerprint density at radius 1 is 1.47 bits per heavy atom. The molecule has 1 heterocycles. The number of anilines is 1. The number of benzene rings is 1. The zero-order valence-corrected chi connectivity index (χ0v) is 10.6. The normalized spacial score (nSPS) is 16.5. The second-order valence-electron chi connectivity index (χ2n) is 4.76. The quantitative estimate of drug-likeness (QED) is 0.750. The number of primary amides is 1. The van der Waals surface area contributed by atoms with Gasteiger partial charge in [-0.3, -0.25) is 9.59 Å². The highest BCUT2D eigenvalue weighted by Gasteiger charge is 2.28. The van der Waals surface area contributed by atoms with Crippen LogP contribution in [0.25, 0.3) is 0 Å². The van der Waals surface area contributed by atoms with Crippen LogP contribution in [0.15, 0.2) is 18.2 Å². The monoisotopic (exact) mass is 265 g/mol. The Morgan fingerprint density at radius 3 is 2.68 bits per heavy atom. The fourth-order valence-corrected chi connectivity index (χ4v) is 1.93. The van der Waals surface area contributed by atoms with E-state index >= 15 is 0 Å². The predicted octanol–water partition coefficient (Wildman–Crippen LogP) is 0.719. The van der Waals surface area contributed by atoms with Crippen molar-refractivity contribution in [2.45, 2.75) is 6.92 Å². The molecule has 2 amide bonds. The van der Waals surface area contributed by atoms with Crippen LogP contribution < -0.4 is 16.4 Å². The molecule has 19 heavy (non-hydrogen) atoms. The molecule has 102 valence electrons. The third kappa shape index (κ3) is 2.90. The van der Waals surface area contributed by atoms with Gasteiger partial charge in [0, 0.05) is 11.6 Å². The Balaban J connectivity index is 2.08. The molecule has 2 rings (SSSR count). The molecule has 4 N–H and O–H groups in total. The van der Waals surface area contributed by atoms with Gasteiger partial charge in [-0.15, -0.1) is 0 Å². The van der Waals surface area contributed by atoms with Gasteiger partial charge in [0.05, 0.1) is 5.56 Å². The van der Waals surface area contributed by atoms with Crippen molar-refractivity contribution < 1.29 is 14.0 Å². The molecule has 1 aliphatic rings. The highest BCUT2D eigenvalue weighted by molar-refractivity contribution is 5.97. The van der Waals surface area contributed by atoms with Crippen molar-refractivity contribution in [3.8, 4) is 0 Å². The summed E-state index contributed by atoms with van der Waals surface area (Å²) in [5.74, 6) is -1.51. The van der Waals surface area contributed by atoms with Crippen molar-refractivity contribution in [2.75, 3.05) is 18.4 Å². The van der Waals surface area contributed by atoms with Gasteiger partial charge in [0.1, 0.15) is 5.82 Å². The van der Waals surface area contributed by atoms with Gasteiger partial charge in [0.15, 0.2) is 0 Å². The van der Waals surface area contributed by atoms with Crippen LogP contribution in [0.1, 0.15) is 17.3 Å². The highest BCUT2D eigenvalue weighted by Crippen LogP contribution is 2.19. The summed E-state index contributed by atoms with van der Waals surface area (Å²) in [7, 11) is 0. The minimum atomic E-state index is -0.857. The van der Waals surface area contributed by atoms with Crippen molar-refractivity contribution in [2.24, 2.45) is 17.6 Å². The summed E-state index contributed by atoms with van der Waals surface area (Å²) in [6.07, 6.45) is 0. The van der Waals surface area contributed by atoms with E-state index in [-0.39, 0.29) is 17.4 Å². The molecule has 6 heteroatoms. The molecule has 0 saturated carbocycles. The van der Waals surface area contributed by atoms with Gasteiger partial charge in [-0.2, -0.15) is 0 Å². The summed E-state index contributed by atoms with van der Waals surface area (Å²) in [4.78, 5) is 23.0. The Morgan fingerprint density at radius 2 is 2.16 bits per heavy atom. The van der Waals surface area contributed by atoms with Crippen LogP contribution in [0.5, 0.6) is 0 Å². The number of carbonyl (C=O) groups excluding carboxylic acids is 2. The van der Waals surface area contributed by atoms with Crippen LogP contribution >= 0.6 is 0 Å². The second-order valence-corrected chi connectivity index (χ2v) is 4.76. The minimum Gasteiger partial charge on any atom is -0.366 e. The van der Waals surface area contributed by atoms with E-state index in [1.807, 2.05) is 6.92 Å². The van der Waals surface area contributed by atoms with E-state index in [2.05, 4.69) is 10.6 Å². The van der Waals surface area contributed by atoms with Crippen molar-refractivity contribution in [1.29, 1.82) is 0 Å². The van der Waals surface area contributed by atoms with Crippen LogP contribution in [-0.2, 0) is 4.79 Å². The highest BCUT2D eigenvalue weighted by atomic mass is 19.1. The van der Waals surface area contributed by atoms with Crippen molar-refractivity contribution in [3.63, 3.8) is 0 Å². The number of amides is 2. The average Bonchev–Trinajstić information content (AvgIpc) is 2.28. The first kappa shape index (κ1) is 13.5. The first-order valence-corrected chi connectivity index (χ1v) is 6.10. The smallest absolute Gasteiger partial charge is 0.251 e. The van der Waals surface area contributed by atoms with Gasteiger partial charge < -0.3 is 16.4 Å². The number of hydrogen-bond donors (Lipinski definition) is 3. The Labute approximate surface area is 110 Å². The zero-order chi connectivity index (χ0) is 14.0. The summed E-state index contributed by atoms with van der Waals surface area (Å²) in [5.41, 5.74) is 5.20. The lowest BCUT2D eigenvalue weighted by molar-refractivity contribution is -0.121. The summed E-state index contributed by atoms with van der Waals surface area (Å²) >= 11 is 0. The maximum absolute atomic E-state index is 13.3. The van der Waals surface area contributed by atoms with E-state index in [0.29, 0.717) is 11.6 Å². The summed E-state index contributed by atoms with van der Waals surface area (Å²) in [6.45, 7) is 3.49.